The van der Waals surface area contributed by atoms with E-state index in [4.69, 9.17) is 4.74 Å². The zero-order chi connectivity index (χ0) is 18.7. The van der Waals surface area contributed by atoms with Gasteiger partial charge in [-0.05, 0) is 38.2 Å². The topological polar surface area (TPSA) is 67.3 Å². The van der Waals surface area contributed by atoms with Crippen molar-refractivity contribution in [3.8, 4) is 0 Å². The summed E-state index contributed by atoms with van der Waals surface area (Å²) < 4.78 is 5.17. The maximum atomic E-state index is 12.2. The van der Waals surface area contributed by atoms with E-state index in [-0.39, 0.29) is 5.97 Å². The zero-order valence-corrected chi connectivity index (χ0v) is 16.9. The van der Waals surface area contributed by atoms with Crippen molar-refractivity contribution >= 4 is 33.3 Å². The van der Waals surface area contributed by atoms with Crippen LogP contribution < -0.4 is 5.32 Å². The van der Waals surface area contributed by atoms with Gasteiger partial charge in [-0.3, -0.25) is 0 Å². The van der Waals surface area contributed by atoms with E-state index in [9.17, 15) is 4.79 Å². The lowest BCUT2D eigenvalue weighted by Gasteiger charge is -2.33. The third-order valence-electron chi connectivity index (χ3n) is 4.74. The molecule has 2 aromatic heterocycles. The molecular formula is C19H28N4O2S. The van der Waals surface area contributed by atoms with Crippen molar-refractivity contribution in [2.45, 2.75) is 46.6 Å². The predicted molar refractivity (Wildman–Crippen MR) is 106 cm³/mol. The normalized spacial score (nSPS) is 16.3. The van der Waals surface area contributed by atoms with Crippen LogP contribution in [0.4, 0.5) is 5.82 Å². The van der Waals surface area contributed by atoms with Crippen LogP contribution in [0.15, 0.2) is 6.33 Å². The second kappa shape index (κ2) is 8.31. The molecule has 0 saturated carbocycles. The summed E-state index contributed by atoms with van der Waals surface area (Å²) in [5.74, 6) is 1.26. The minimum Gasteiger partial charge on any atom is -0.462 e. The Morgan fingerprint density at radius 2 is 2.12 bits per heavy atom. The Hall–Kier alpha value is -1.73. The van der Waals surface area contributed by atoms with Gasteiger partial charge < -0.3 is 15.0 Å². The summed E-state index contributed by atoms with van der Waals surface area (Å²) in [6, 6.07) is 0.404. The van der Waals surface area contributed by atoms with Crippen LogP contribution in [-0.2, 0) is 4.74 Å². The summed E-state index contributed by atoms with van der Waals surface area (Å²) in [7, 11) is 0. The third kappa shape index (κ3) is 4.15. The fourth-order valence-electron chi connectivity index (χ4n) is 3.54. The molecule has 2 aromatic rings. The fourth-order valence-corrected chi connectivity index (χ4v) is 4.58. The summed E-state index contributed by atoms with van der Waals surface area (Å²) in [4.78, 5) is 25.0. The quantitative estimate of drug-likeness (QED) is 0.775. The number of fused-ring (bicyclic) bond motifs is 1. The lowest BCUT2D eigenvalue weighted by Crippen LogP contribution is -2.40. The molecule has 0 aromatic carbocycles. The van der Waals surface area contributed by atoms with Gasteiger partial charge >= 0.3 is 5.97 Å². The van der Waals surface area contributed by atoms with Crippen LogP contribution in [0.3, 0.4) is 0 Å². The van der Waals surface area contributed by atoms with E-state index < -0.39 is 0 Å². The zero-order valence-electron chi connectivity index (χ0n) is 16.0. The average molecular weight is 377 g/mol. The average Bonchev–Trinajstić information content (AvgIpc) is 2.94. The highest BCUT2D eigenvalue weighted by atomic mass is 32.1. The van der Waals surface area contributed by atoms with Crippen LogP contribution in [0.1, 0.15) is 48.8 Å². The molecule has 26 heavy (non-hydrogen) atoms. The van der Waals surface area contributed by atoms with Crippen molar-refractivity contribution < 1.29 is 9.53 Å². The highest BCUT2D eigenvalue weighted by Crippen LogP contribution is 2.34. The minimum atomic E-state index is -0.277. The molecule has 3 rings (SSSR count). The van der Waals surface area contributed by atoms with E-state index in [1.165, 1.54) is 11.3 Å². The Balaban J connectivity index is 1.76. The molecule has 0 amide bonds. The Bertz CT molecular complexity index is 766. The van der Waals surface area contributed by atoms with Gasteiger partial charge in [-0.2, -0.15) is 0 Å². The van der Waals surface area contributed by atoms with Crippen LogP contribution in [0.25, 0.3) is 10.2 Å². The number of carbonyl (C=O) groups excluding carboxylic acids is 1. The van der Waals surface area contributed by atoms with Gasteiger partial charge in [0.05, 0.1) is 12.0 Å². The van der Waals surface area contributed by atoms with Crippen molar-refractivity contribution in [1.82, 2.24) is 14.9 Å². The van der Waals surface area contributed by atoms with Gasteiger partial charge in [0, 0.05) is 25.7 Å². The molecule has 0 aliphatic carbocycles. The van der Waals surface area contributed by atoms with Gasteiger partial charge in [0.15, 0.2) is 0 Å². The summed E-state index contributed by atoms with van der Waals surface area (Å²) >= 11 is 1.38. The molecule has 1 N–H and O–H groups in total. The van der Waals surface area contributed by atoms with Crippen LogP contribution >= 0.6 is 11.3 Å². The highest BCUT2D eigenvalue weighted by molar-refractivity contribution is 7.20. The summed E-state index contributed by atoms with van der Waals surface area (Å²) in [6.45, 7) is 12.1. The number of piperidine rings is 1. The molecular weight excluding hydrogens is 348 g/mol. The molecule has 6 nitrogen and oxygen atoms in total. The number of aromatic nitrogens is 2. The smallest absolute Gasteiger partial charge is 0.348 e. The largest absolute Gasteiger partial charge is 0.462 e. The lowest BCUT2D eigenvalue weighted by atomic mass is 10.0. The second-order valence-electron chi connectivity index (χ2n) is 7.29. The van der Waals surface area contributed by atoms with Crippen LogP contribution in [-0.4, -0.2) is 53.1 Å². The van der Waals surface area contributed by atoms with Gasteiger partial charge in [0.1, 0.15) is 21.9 Å². The Kier molecular flexibility index (Phi) is 6.09. The molecule has 1 saturated heterocycles. The predicted octanol–water partition coefficient (Wildman–Crippen LogP) is 3.71. The number of nitrogens with zero attached hydrogens (tertiary/aromatic N) is 3. The SMILES string of the molecule is CCOC(=O)c1sc2ncnc(NC3CCN(CC(C)C)CC3)c2c1C. The van der Waals surface area contributed by atoms with Crippen LogP contribution in [0.5, 0.6) is 0 Å². The molecule has 1 fully saturated rings. The highest BCUT2D eigenvalue weighted by Gasteiger charge is 2.23. The standard InChI is InChI=1S/C19H28N4O2S/c1-5-25-19(24)16-13(4)15-17(20-11-21-18(15)26-16)22-14-6-8-23(9-7-14)10-12(2)3/h11-12,14H,5-10H2,1-4H3,(H,20,21,22). The van der Waals surface area contributed by atoms with E-state index in [1.807, 2.05) is 13.8 Å². The monoisotopic (exact) mass is 376 g/mol. The summed E-state index contributed by atoms with van der Waals surface area (Å²) in [5.41, 5.74) is 0.906. The number of hydrogen-bond acceptors (Lipinski definition) is 7. The molecule has 142 valence electrons. The maximum Gasteiger partial charge on any atom is 0.348 e. The molecule has 7 heteroatoms. The van der Waals surface area contributed by atoms with Crippen LogP contribution in [0, 0.1) is 12.8 Å². The number of hydrogen-bond donors (Lipinski definition) is 1. The lowest BCUT2D eigenvalue weighted by molar-refractivity contribution is 0.0531. The van der Waals surface area contributed by atoms with E-state index >= 15 is 0 Å². The number of rotatable bonds is 6. The van der Waals surface area contributed by atoms with Gasteiger partial charge in [0.2, 0.25) is 0 Å². The van der Waals surface area contributed by atoms with Gasteiger partial charge in [-0.1, -0.05) is 13.8 Å². The second-order valence-corrected chi connectivity index (χ2v) is 8.29. The first-order valence-corrected chi connectivity index (χ1v) is 10.2. The van der Waals surface area contributed by atoms with E-state index in [0.29, 0.717) is 23.4 Å². The minimum absolute atomic E-state index is 0.277. The first kappa shape index (κ1) is 19.0. The number of likely N-dealkylation sites (tertiary alicyclic amines) is 1. The third-order valence-corrected chi connectivity index (χ3v) is 5.92. The van der Waals surface area contributed by atoms with Crippen molar-refractivity contribution in [2.75, 3.05) is 31.6 Å². The molecule has 3 heterocycles. The molecule has 0 spiro atoms. The number of ether oxygens (including phenoxy) is 1. The maximum absolute atomic E-state index is 12.2. The number of carbonyl (C=O) groups is 1. The first-order valence-electron chi connectivity index (χ1n) is 9.39. The summed E-state index contributed by atoms with van der Waals surface area (Å²) in [5, 5.41) is 4.55. The number of esters is 1. The van der Waals surface area contributed by atoms with E-state index in [0.717, 1.165) is 54.1 Å². The molecule has 1 aliphatic rings. The van der Waals surface area contributed by atoms with E-state index in [2.05, 4.69) is 34.0 Å². The van der Waals surface area contributed by atoms with Gasteiger partial charge in [0.25, 0.3) is 0 Å². The van der Waals surface area contributed by atoms with E-state index in [1.54, 1.807) is 6.33 Å². The number of aryl methyl sites for hydroxylation is 1. The molecule has 1 aliphatic heterocycles. The number of anilines is 1. The molecule has 0 radical (unpaired) electrons. The van der Waals surface area contributed by atoms with Gasteiger partial charge in [-0.15, -0.1) is 11.3 Å². The van der Waals surface area contributed by atoms with Crippen molar-refractivity contribution in [2.24, 2.45) is 5.92 Å². The molecule has 0 unspecified atom stereocenters. The molecule has 0 atom stereocenters. The summed E-state index contributed by atoms with van der Waals surface area (Å²) in [6.07, 6.45) is 3.78. The van der Waals surface area contributed by atoms with Crippen molar-refractivity contribution in [3.05, 3.63) is 16.8 Å². The van der Waals surface area contributed by atoms with Crippen LogP contribution in [0.2, 0.25) is 0 Å². The first-order chi connectivity index (χ1) is 12.5. The Morgan fingerprint density at radius 3 is 2.77 bits per heavy atom. The number of thiophene rings is 1. The number of nitrogens with one attached hydrogen (secondary N) is 1. The molecule has 0 bridgehead atoms. The Morgan fingerprint density at radius 1 is 1.38 bits per heavy atom. The Labute approximate surface area is 159 Å². The fraction of sp³-hybridized carbons (Fsp3) is 0.632. The van der Waals surface area contributed by atoms with Crippen molar-refractivity contribution in [1.29, 1.82) is 0 Å². The van der Waals surface area contributed by atoms with Gasteiger partial charge in [-0.25, -0.2) is 14.8 Å². The van der Waals surface area contributed by atoms with Crippen molar-refractivity contribution in [3.63, 3.8) is 0 Å².